The first kappa shape index (κ1) is 24.3. The minimum absolute atomic E-state index is 0.0944. The summed E-state index contributed by atoms with van der Waals surface area (Å²) in [6.07, 6.45) is 7.24. The van der Waals surface area contributed by atoms with Crippen molar-refractivity contribution >= 4 is 22.8 Å². The molecule has 2 amide bonds. The third-order valence-electron chi connectivity index (χ3n) is 7.12. The molecule has 1 aromatic heterocycles. The fourth-order valence-electron chi connectivity index (χ4n) is 4.89. The number of nitrogens with zero attached hydrogens (tertiary/aromatic N) is 3. The Bertz CT molecular complexity index is 906. The van der Waals surface area contributed by atoms with Gasteiger partial charge >= 0.3 is 0 Å². The van der Waals surface area contributed by atoms with E-state index in [1.54, 1.807) is 0 Å². The van der Waals surface area contributed by atoms with E-state index in [2.05, 4.69) is 33.0 Å². The molecular formula is C26H40N4O2. The van der Waals surface area contributed by atoms with Gasteiger partial charge in [-0.25, -0.2) is 4.98 Å². The summed E-state index contributed by atoms with van der Waals surface area (Å²) in [6, 6.07) is 8.01. The number of carbonyl (C=O) groups excluding carboxylic acids is 2. The summed E-state index contributed by atoms with van der Waals surface area (Å²) in [5.41, 5.74) is 1.79. The van der Waals surface area contributed by atoms with Crippen LogP contribution in [0.1, 0.15) is 91.4 Å². The lowest BCUT2D eigenvalue weighted by Crippen LogP contribution is -2.46. The number of fused-ring (bicyclic) bond motifs is 1. The number of hydrogen-bond acceptors (Lipinski definition) is 3. The largest absolute Gasteiger partial charge is 0.346 e. The van der Waals surface area contributed by atoms with Crippen LogP contribution in [0.15, 0.2) is 24.3 Å². The van der Waals surface area contributed by atoms with Gasteiger partial charge < -0.3 is 14.8 Å². The summed E-state index contributed by atoms with van der Waals surface area (Å²) < 4.78 is 2.00. The first-order valence-corrected chi connectivity index (χ1v) is 12.4. The van der Waals surface area contributed by atoms with Gasteiger partial charge in [-0.2, -0.15) is 0 Å². The molecule has 3 atom stereocenters. The molecule has 1 aliphatic rings. The van der Waals surface area contributed by atoms with Crippen LogP contribution < -0.4 is 5.32 Å². The van der Waals surface area contributed by atoms with Crippen LogP contribution in [-0.2, 0) is 16.1 Å². The van der Waals surface area contributed by atoms with Crippen molar-refractivity contribution in [2.75, 3.05) is 0 Å². The second-order valence-electron chi connectivity index (χ2n) is 9.43. The van der Waals surface area contributed by atoms with Gasteiger partial charge in [0.25, 0.3) is 0 Å². The number of para-hydroxylation sites is 2. The summed E-state index contributed by atoms with van der Waals surface area (Å²) in [7, 11) is 0. The zero-order valence-electron chi connectivity index (χ0n) is 20.4. The molecule has 6 nitrogen and oxygen atoms in total. The van der Waals surface area contributed by atoms with Crippen LogP contribution in [-0.4, -0.2) is 38.3 Å². The predicted molar refractivity (Wildman–Crippen MR) is 129 cm³/mol. The van der Waals surface area contributed by atoms with Crippen molar-refractivity contribution in [1.82, 2.24) is 19.8 Å². The topological polar surface area (TPSA) is 67.2 Å². The van der Waals surface area contributed by atoms with Crippen molar-refractivity contribution in [3.8, 4) is 0 Å². The lowest BCUT2D eigenvalue weighted by atomic mass is 9.88. The smallest absolute Gasteiger partial charge is 0.243 e. The highest BCUT2D eigenvalue weighted by atomic mass is 16.2. The van der Waals surface area contributed by atoms with Crippen LogP contribution in [0, 0.1) is 5.92 Å². The summed E-state index contributed by atoms with van der Waals surface area (Å²) in [5.74, 6) is 1.06. The normalized spacial score (nSPS) is 17.7. The SMILES string of the molecule is CCC(C)N(C(=O)Cn1c(C(C)NC(=O)C2CCCCC2)nc2ccccc21)C(C)CC. The number of aromatic nitrogens is 2. The molecule has 0 aliphatic heterocycles. The second kappa shape index (κ2) is 11.0. The molecule has 2 aromatic rings. The molecule has 176 valence electrons. The van der Waals surface area contributed by atoms with E-state index in [0.29, 0.717) is 0 Å². The molecule has 3 rings (SSSR count). The number of rotatable bonds is 9. The van der Waals surface area contributed by atoms with E-state index in [1.807, 2.05) is 40.7 Å². The van der Waals surface area contributed by atoms with Gasteiger partial charge in [-0.05, 0) is 58.6 Å². The maximum absolute atomic E-state index is 13.5. The third-order valence-corrected chi connectivity index (χ3v) is 7.12. The standard InChI is InChI=1S/C26H40N4O2/c1-6-18(3)30(19(4)7-2)24(31)17-29-23-16-12-11-15-22(23)28-25(29)20(5)27-26(32)21-13-9-8-10-14-21/h11-12,15-16,18-21H,6-10,13-14,17H2,1-5H3,(H,27,32). The minimum Gasteiger partial charge on any atom is -0.346 e. The molecule has 0 spiro atoms. The average molecular weight is 441 g/mol. The van der Waals surface area contributed by atoms with Crippen molar-refractivity contribution in [3.05, 3.63) is 30.1 Å². The molecule has 0 saturated heterocycles. The van der Waals surface area contributed by atoms with Crippen LogP contribution >= 0.6 is 0 Å². The fraction of sp³-hybridized carbons (Fsp3) is 0.654. The molecule has 1 fully saturated rings. The molecule has 6 heteroatoms. The zero-order valence-corrected chi connectivity index (χ0v) is 20.4. The Hall–Kier alpha value is -2.37. The number of amides is 2. The Kier molecular flexibility index (Phi) is 8.32. The Balaban J connectivity index is 1.88. The van der Waals surface area contributed by atoms with E-state index >= 15 is 0 Å². The minimum atomic E-state index is -0.259. The fourth-order valence-corrected chi connectivity index (χ4v) is 4.89. The monoisotopic (exact) mass is 440 g/mol. The van der Waals surface area contributed by atoms with Gasteiger partial charge in [0, 0.05) is 18.0 Å². The maximum atomic E-state index is 13.5. The van der Waals surface area contributed by atoms with Gasteiger partial charge in [0.15, 0.2) is 0 Å². The second-order valence-corrected chi connectivity index (χ2v) is 9.43. The van der Waals surface area contributed by atoms with Gasteiger partial charge in [-0.15, -0.1) is 0 Å². The predicted octanol–water partition coefficient (Wildman–Crippen LogP) is 5.22. The highest BCUT2D eigenvalue weighted by Crippen LogP contribution is 2.26. The Morgan fingerprint density at radius 3 is 2.31 bits per heavy atom. The lowest BCUT2D eigenvalue weighted by Gasteiger charge is -2.34. The highest BCUT2D eigenvalue weighted by Gasteiger charge is 2.28. The molecule has 1 aromatic carbocycles. The van der Waals surface area contributed by atoms with Crippen molar-refractivity contribution < 1.29 is 9.59 Å². The Morgan fingerprint density at radius 1 is 1.06 bits per heavy atom. The summed E-state index contributed by atoms with van der Waals surface area (Å²) >= 11 is 0. The number of carbonyl (C=O) groups is 2. The summed E-state index contributed by atoms with van der Waals surface area (Å²) in [4.78, 5) is 33.2. The summed E-state index contributed by atoms with van der Waals surface area (Å²) in [5, 5.41) is 3.19. The molecule has 1 saturated carbocycles. The highest BCUT2D eigenvalue weighted by molar-refractivity contribution is 5.82. The lowest BCUT2D eigenvalue weighted by molar-refractivity contribution is -0.136. The van der Waals surface area contributed by atoms with Gasteiger partial charge in [-0.3, -0.25) is 9.59 Å². The average Bonchev–Trinajstić information content (AvgIpc) is 3.17. The van der Waals surface area contributed by atoms with Gasteiger partial charge in [0.2, 0.25) is 11.8 Å². The van der Waals surface area contributed by atoms with Crippen LogP contribution in [0.4, 0.5) is 0 Å². The number of nitrogens with one attached hydrogen (secondary N) is 1. The molecule has 1 N–H and O–H groups in total. The molecular weight excluding hydrogens is 400 g/mol. The third kappa shape index (κ3) is 5.33. The molecule has 1 heterocycles. The molecule has 32 heavy (non-hydrogen) atoms. The van der Waals surface area contributed by atoms with Crippen LogP contribution in [0.3, 0.4) is 0 Å². The Labute approximate surface area is 192 Å². The molecule has 0 bridgehead atoms. The quantitative estimate of drug-likeness (QED) is 0.581. The van der Waals surface area contributed by atoms with Gasteiger partial charge in [-0.1, -0.05) is 45.2 Å². The van der Waals surface area contributed by atoms with Crippen molar-refractivity contribution in [2.24, 2.45) is 5.92 Å². The van der Waals surface area contributed by atoms with E-state index in [4.69, 9.17) is 4.98 Å². The van der Waals surface area contributed by atoms with Crippen molar-refractivity contribution in [1.29, 1.82) is 0 Å². The van der Waals surface area contributed by atoms with Gasteiger partial charge in [0.1, 0.15) is 12.4 Å². The molecule has 0 radical (unpaired) electrons. The number of hydrogen-bond donors (Lipinski definition) is 1. The van der Waals surface area contributed by atoms with E-state index in [0.717, 1.165) is 55.4 Å². The van der Waals surface area contributed by atoms with Gasteiger partial charge in [0.05, 0.1) is 17.1 Å². The van der Waals surface area contributed by atoms with Crippen LogP contribution in [0.25, 0.3) is 11.0 Å². The van der Waals surface area contributed by atoms with Crippen LogP contribution in [0.2, 0.25) is 0 Å². The summed E-state index contributed by atoms with van der Waals surface area (Å²) in [6.45, 7) is 10.7. The Morgan fingerprint density at radius 2 is 1.69 bits per heavy atom. The maximum Gasteiger partial charge on any atom is 0.243 e. The zero-order chi connectivity index (χ0) is 23.3. The van der Waals surface area contributed by atoms with E-state index in [-0.39, 0.29) is 42.4 Å². The number of imidazole rings is 1. The number of benzene rings is 1. The molecule has 1 aliphatic carbocycles. The van der Waals surface area contributed by atoms with E-state index in [1.165, 1.54) is 6.42 Å². The van der Waals surface area contributed by atoms with Crippen molar-refractivity contribution in [3.63, 3.8) is 0 Å². The molecule has 3 unspecified atom stereocenters. The first-order chi connectivity index (χ1) is 15.4. The first-order valence-electron chi connectivity index (χ1n) is 12.4. The van der Waals surface area contributed by atoms with Crippen molar-refractivity contribution in [2.45, 2.75) is 104 Å². The van der Waals surface area contributed by atoms with Crippen LogP contribution in [0.5, 0.6) is 0 Å². The van der Waals surface area contributed by atoms with E-state index < -0.39 is 0 Å². The van der Waals surface area contributed by atoms with E-state index in [9.17, 15) is 9.59 Å².